The fraction of sp³-hybridized carbons (Fsp3) is 0.538. The second-order valence-electron chi connectivity index (χ2n) is 19.5. The van der Waals surface area contributed by atoms with Crippen LogP contribution in [0.3, 0.4) is 0 Å². The van der Waals surface area contributed by atoms with Crippen molar-refractivity contribution in [3.63, 3.8) is 0 Å². The fourth-order valence-electron chi connectivity index (χ4n) is 9.25. The number of nitrogens with zero attached hydrogens (tertiary/aromatic N) is 4. The maximum absolute atomic E-state index is 2.93. The van der Waals surface area contributed by atoms with Crippen molar-refractivity contribution in [2.75, 3.05) is 44.9 Å². The summed E-state index contributed by atoms with van der Waals surface area (Å²) in [6.07, 6.45) is 0. The molecule has 7 heteroatoms. The summed E-state index contributed by atoms with van der Waals surface area (Å²) in [4.78, 5) is 0. The molecule has 0 aromatic heterocycles. The van der Waals surface area contributed by atoms with Crippen molar-refractivity contribution < 1.29 is 0 Å². The highest BCUT2D eigenvalue weighted by molar-refractivity contribution is 8.86. The van der Waals surface area contributed by atoms with E-state index in [4.69, 9.17) is 0 Å². The Labute approximate surface area is 367 Å². The van der Waals surface area contributed by atoms with E-state index in [1.54, 1.807) is 0 Å². The molecule has 4 aromatic rings. The smallest absolute Gasteiger partial charge is 0.168 e. The molecule has 2 saturated heterocycles. The van der Waals surface area contributed by atoms with E-state index in [2.05, 4.69) is 213 Å². The molecule has 0 N–H and O–H groups in total. The van der Waals surface area contributed by atoms with Gasteiger partial charge in [-0.3, -0.25) is 0 Å². The van der Waals surface area contributed by atoms with Gasteiger partial charge in [0.1, 0.15) is 0 Å². The first-order chi connectivity index (χ1) is 28.0. The molecule has 0 unspecified atom stereocenters. The lowest BCUT2D eigenvalue weighted by molar-refractivity contribution is 0.821. The van der Waals surface area contributed by atoms with E-state index in [-0.39, 0.29) is 0 Å². The van der Waals surface area contributed by atoms with Gasteiger partial charge in [-0.15, -0.1) is 0 Å². The third kappa shape index (κ3) is 9.11. The molecule has 2 heterocycles. The first-order valence-electron chi connectivity index (χ1n) is 22.8. The number of rotatable bonds is 14. The van der Waals surface area contributed by atoms with Gasteiger partial charge in [-0.2, -0.15) is 0 Å². The van der Waals surface area contributed by atoms with Gasteiger partial charge in [0.25, 0.3) is 0 Å². The summed E-state index contributed by atoms with van der Waals surface area (Å²) in [5.74, 6) is 3.42. The highest BCUT2D eigenvalue weighted by atomic mass is 33.1. The molecule has 0 saturated carbocycles. The summed E-state index contributed by atoms with van der Waals surface area (Å²) >= 11 is 2.32. The number of benzene rings is 4. The maximum atomic E-state index is 2.93. The van der Waals surface area contributed by atoms with Crippen molar-refractivity contribution in [3.05, 3.63) is 117 Å². The minimum absolute atomic E-state index is 0.428. The largest absolute Gasteiger partial charge is 0.323 e. The van der Waals surface area contributed by atoms with E-state index < -0.39 is 14.8 Å². The molecule has 6 rings (SSSR count). The zero-order valence-corrected chi connectivity index (χ0v) is 42.1. The van der Waals surface area contributed by atoms with Crippen LogP contribution >= 0.6 is 25.9 Å². The van der Waals surface area contributed by atoms with Gasteiger partial charge in [-0.1, -0.05) is 184 Å². The predicted molar refractivity (Wildman–Crippen MR) is 269 cm³/mol. The number of para-hydroxylation sites is 4. The summed E-state index contributed by atoms with van der Waals surface area (Å²) in [5, 5.41) is 0. The Morgan fingerprint density at radius 3 is 0.593 bits per heavy atom. The van der Waals surface area contributed by atoms with Gasteiger partial charge in [-0.25, -0.2) is 0 Å². The molecule has 320 valence electrons. The maximum Gasteiger partial charge on any atom is 0.168 e. The summed E-state index contributed by atoms with van der Waals surface area (Å²) < 4.78 is 11.7. The van der Waals surface area contributed by atoms with Crippen molar-refractivity contribution in [2.45, 2.75) is 158 Å². The Kier molecular flexibility index (Phi) is 14.9. The van der Waals surface area contributed by atoms with Crippen LogP contribution < -0.4 is 18.7 Å². The van der Waals surface area contributed by atoms with E-state index in [1.807, 2.05) is 0 Å². The summed E-state index contributed by atoms with van der Waals surface area (Å²) in [7, 11) is -1.81. The Bertz CT molecular complexity index is 1660. The molecule has 0 amide bonds. The highest BCUT2D eigenvalue weighted by Gasteiger charge is 2.46. The average molecular weight is 851 g/mol. The van der Waals surface area contributed by atoms with E-state index in [1.165, 1.54) is 67.3 Å². The highest BCUT2D eigenvalue weighted by Crippen LogP contribution is 2.79. The summed E-state index contributed by atoms with van der Waals surface area (Å²) in [6, 6.07) is 28.7. The molecular formula is C52H76N4P2S. The second kappa shape index (κ2) is 19.1. The molecule has 0 atom stereocenters. The lowest BCUT2D eigenvalue weighted by atomic mass is 9.92. The van der Waals surface area contributed by atoms with Crippen LogP contribution in [0.15, 0.2) is 72.8 Å². The standard InChI is InChI=1S/C52H76N4P2S/c1-33(2)41-21-17-22-42(34(3)4)49(41)53-29-30-54(50-43(35(5)6)23-18-24-44(50)36(7)8)57(53)59-58-55(51-45(37(9)10)25-19-26-46(51)38(11)12)31-32-56(58)52-47(39(13)14)27-20-28-48(52)40(15)16/h17-28,33-40H,29-32H2,1-16H3. The monoisotopic (exact) mass is 851 g/mol. The van der Waals surface area contributed by atoms with Gasteiger partial charge in [0.15, 0.2) is 14.8 Å². The van der Waals surface area contributed by atoms with Crippen molar-refractivity contribution >= 4 is 48.6 Å². The SMILES string of the molecule is CC(C)c1cccc(C(C)C)c1N1CCN(c2c(C(C)C)cccc2C(C)C)P1SP1N(c2c(C(C)C)cccc2C(C)C)CCN1c1c(C(C)C)cccc1C(C)C. The van der Waals surface area contributed by atoms with Gasteiger partial charge < -0.3 is 18.7 Å². The zero-order chi connectivity index (χ0) is 43.0. The Hall–Kier alpha value is -2.71. The van der Waals surface area contributed by atoms with E-state index in [0.717, 1.165) is 26.2 Å². The van der Waals surface area contributed by atoms with Crippen molar-refractivity contribution in [1.29, 1.82) is 0 Å². The molecule has 4 aromatic carbocycles. The Morgan fingerprint density at radius 2 is 0.458 bits per heavy atom. The van der Waals surface area contributed by atoms with Crippen molar-refractivity contribution in [3.8, 4) is 0 Å². The number of hydrogen-bond donors (Lipinski definition) is 0. The van der Waals surface area contributed by atoms with Crippen LogP contribution in [0.2, 0.25) is 0 Å². The minimum Gasteiger partial charge on any atom is -0.323 e. The molecule has 4 nitrogen and oxygen atoms in total. The van der Waals surface area contributed by atoms with E-state index in [0.29, 0.717) is 47.3 Å². The third-order valence-corrected chi connectivity index (χ3v) is 21.8. The van der Waals surface area contributed by atoms with Crippen LogP contribution in [0.1, 0.15) is 203 Å². The van der Waals surface area contributed by atoms with E-state index >= 15 is 0 Å². The van der Waals surface area contributed by atoms with Crippen molar-refractivity contribution in [2.24, 2.45) is 0 Å². The van der Waals surface area contributed by atoms with Gasteiger partial charge in [0.05, 0.1) is 0 Å². The van der Waals surface area contributed by atoms with Crippen LogP contribution in [-0.2, 0) is 0 Å². The molecule has 0 bridgehead atoms. The summed E-state index contributed by atoms with van der Waals surface area (Å²) in [6.45, 7) is 42.4. The molecule has 0 radical (unpaired) electrons. The van der Waals surface area contributed by atoms with E-state index in [9.17, 15) is 0 Å². The molecular weight excluding hydrogens is 775 g/mol. The van der Waals surface area contributed by atoms with Crippen molar-refractivity contribution in [1.82, 2.24) is 0 Å². The normalized spacial score (nSPS) is 15.9. The topological polar surface area (TPSA) is 13.0 Å². The summed E-state index contributed by atoms with van der Waals surface area (Å²) in [5.41, 5.74) is 17.9. The van der Waals surface area contributed by atoms with Crippen LogP contribution in [0, 0.1) is 0 Å². The molecule has 0 spiro atoms. The van der Waals surface area contributed by atoms with Gasteiger partial charge >= 0.3 is 0 Å². The van der Waals surface area contributed by atoms with Crippen LogP contribution in [0.25, 0.3) is 0 Å². The minimum atomic E-state index is -0.905. The zero-order valence-electron chi connectivity index (χ0n) is 39.5. The quantitative estimate of drug-likeness (QED) is 0.117. The molecule has 59 heavy (non-hydrogen) atoms. The lowest BCUT2D eigenvalue weighted by Crippen LogP contribution is -2.22. The van der Waals surface area contributed by atoms with Crippen LogP contribution in [0.4, 0.5) is 22.7 Å². The number of hydrogen-bond acceptors (Lipinski definition) is 5. The Morgan fingerprint density at radius 1 is 0.305 bits per heavy atom. The first kappa shape index (κ1) is 45.8. The van der Waals surface area contributed by atoms with Gasteiger partial charge in [-0.05, 0) is 103 Å². The van der Waals surface area contributed by atoms with Crippen LogP contribution in [0.5, 0.6) is 0 Å². The lowest BCUT2D eigenvalue weighted by Gasteiger charge is -2.42. The molecule has 2 aliphatic rings. The van der Waals surface area contributed by atoms with Gasteiger partial charge in [0, 0.05) is 48.9 Å². The average Bonchev–Trinajstić information content (AvgIpc) is 3.80. The number of anilines is 4. The molecule has 2 aliphatic heterocycles. The molecule has 2 fully saturated rings. The van der Waals surface area contributed by atoms with Crippen LogP contribution in [-0.4, -0.2) is 26.2 Å². The third-order valence-electron chi connectivity index (χ3n) is 12.4. The Balaban J connectivity index is 1.67. The van der Waals surface area contributed by atoms with Gasteiger partial charge in [0.2, 0.25) is 0 Å². The fourth-order valence-corrected chi connectivity index (χ4v) is 20.7. The first-order valence-corrected chi connectivity index (χ1v) is 27.4. The predicted octanol–water partition coefficient (Wildman–Crippen LogP) is 17.2. The molecule has 0 aliphatic carbocycles. The second-order valence-corrected chi connectivity index (χ2v) is 26.5.